The normalized spacial score (nSPS) is 11.5. The lowest BCUT2D eigenvalue weighted by molar-refractivity contribution is -0.111. The zero-order valence-electron chi connectivity index (χ0n) is 22.7. The Morgan fingerprint density at radius 1 is 0.973 bits per heavy atom. The molecule has 3 rings (SSSR count). The predicted octanol–water partition coefficient (Wildman–Crippen LogP) is 6.13. The van der Waals surface area contributed by atoms with Gasteiger partial charge in [-0.1, -0.05) is 76.1 Å². The molecule has 0 bridgehead atoms. The van der Waals surface area contributed by atoms with Gasteiger partial charge in [-0.25, -0.2) is 9.59 Å². The van der Waals surface area contributed by atoms with Crippen molar-refractivity contribution >= 4 is 5.97 Å². The fourth-order valence-electron chi connectivity index (χ4n) is 4.72. The summed E-state index contributed by atoms with van der Waals surface area (Å²) in [6, 6.07) is 14.7. The lowest BCUT2D eigenvalue weighted by Crippen LogP contribution is -2.27. The predicted molar refractivity (Wildman–Crippen MR) is 146 cm³/mol. The van der Waals surface area contributed by atoms with Gasteiger partial charge in [-0.3, -0.25) is 9.13 Å². The first-order chi connectivity index (χ1) is 17.8. The summed E-state index contributed by atoms with van der Waals surface area (Å²) >= 11 is 0. The van der Waals surface area contributed by atoms with Crippen LogP contribution >= 0.6 is 0 Å². The third kappa shape index (κ3) is 6.79. The van der Waals surface area contributed by atoms with Crippen LogP contribution in [0.5, 0.6) is 0 Å². The van der Waals surface area contributed by atoms with E-state index in [1.165, 1.54) is 0 Å². The number of aromatic carboxylic acids is 1. The van der Waals surface area contributed by atoms with Crippen LogP contribution in [0.4, 0.5) is 0 Å². The molecule has 0 radical (unpaired) electrons. The third-order valence-corrected chi connectivity index (χ3v) is 6.73. The van der Waals surface area contributed by atoms with Crippen molar-refractivity contribution in [2.24, 2.45) is 5.92 Å². The molecular weight excluding hydrogens is 468 g/mol. The van der Waals surface area contributed by atoms with E-state index in [1.54, 1.807) is 26.4 Å². The molecule has 0 amide bonds. The topological polar surface area (TPSA) is 82.7 Å². The average Bonchev–Trinajstić information content (AvgIpc) is 3.14. The fourth-order valence-corrected chi connectivity index (χ4v) is 4.72. The number of hydrogen-bond acceptors (Lipinski definition) is 4. The molecule has 0 aliphatic heterocycles. The van der Waals surface area contributed by atoms with Gasteiger partial charge in [-0.05, 0) is 47.9 Å². The van der Waals surface area contributed by atoms with Crippen molar-refractivity contribution in [1.29, 1.82) is 0 Å². The molecular formula is C30H40N2O5. The number of carboxylic acids is 1. The Morgan fingerprint density at radius 2 is 1.65 bits per heavy atom. The van der Waals surface area contributed by atoms with E-state index >= 15 is 0 Å². The minimum Gasteiger partial charge on any atom is -0.478 e. The Bertz CT molecular complexity index is 1220. The number of methoxy groups -OCH3 is 2. The molecule has 0 spiro atoms. The lowest BCUT2D eigenvalue weighted by atomic mass is 9.98. The van der Waals surface area contributed by atoms with Crippen molar-refractivity contribution in [1.82, 2.24) is 9.13 Å². The molecule has 1 heterocycles. The van der Waals surface area contributed by atoms with E-state index in [2.05, 4.69) is 20.8 Å². The van der Waals surface area contributed by atoms with Crippen molar-refractivity contribution in [2.75, 3.05) is 14.2 Å². The fraction of sp³-hybridized carbons (Fsp3) is 0.467. The summed E-state index contributed by atoms with van der Waals surface area (Å²) in [7, 11) is 3.21. The Hall–Kier alpha value is -3.16. The van der Waals surface area contributed by atoms with Crippen LogP contribution in [0.25, 0.3) is 11.1 Å². The first kappa shape index (κ1) is 28.4. The van der Waals surface area contributed by atoms with Gasteiger partial charge in [-0.2, -0.15) is 0 Å². The second-order valence-corrected chi connectivity index (χ2v) is 9.84. The van der Waals surface area contributed by atoms with Crippen LogP contribution in [0.1, 0.15) is 80.1 Å². The average molecular weight is 509 g/mol. The maximum absolute atomic E-state index is 13.7. The van der Waals surface area contributed by atoms with Gasteiger partial charge < -0.3 is 14.6 Å². The Balaban J connectivity index is 2.03. The minimum absolute atomic E-state index is 0.0516. The largest absolute Gasteiger partial charge is 0.478 e. The monoisotopic (exact) mass is 508 g/mol. The van der Waals surface area contributed by atoms with E-state index in [0.717, 1.165) is 54.6 Å². The Labute approximate surface area is 219 Å². The van der Waals surface area contributed by atoms with Crippen LogP contribution in [0.3, 0.4) is 0 Å². The minimum atomic E-state index is -0.955. The zero-order chi connectivity index (χ0) is 26.9. The summed E-state index contributed by atoms with van der Waals surface area (Å²) < 4.78 is 15.0. The van der Waals surface area contributed by atoms with Gasteiger partial charge in [0.25, 0.3) is 0 Å². The van der Waals surface area contributed by atoms with Crippen LogP contribution < -0.4 is 5.69 Å². The van der Waals surface area contributed by atoms with Gasteiger partial charge >= 0.3 is 11.7 Å². The zero-order valence-corrected chi connectivity index (χ0v) is 22.7. The molecule has 7 nitrogen and oxygen atoms in total. The maximum Gasteiger partial charge on any atom is 0.336 e. The summed E-state index contributed by atoms with van der Waals surface area (Å²) in [6.45, 7) is 7.55. The molecule has 0 fully saturated rings. The van der Waals surface area contributed by atoms with Crippen LogP contribution in [0.2, 0.25) is 0 Å². The highest BCUT2D eigenvalue weighted by Crippen LogP contribution is 2.27. The first-order valence-electron chi connectivity index (χ1n) is 13.1. The highest BCUT2D eigenvalue weighted by Gasteiger charge is 2.26. The number of nitrogens with zero attached hydrogens (tertiary/aromatic N) is 2. The van der Waals surface area contributed by atoms with Crippen molar-refractivity contribution < 1.29 is 19.4 Å². The van der Waals surface area contributed by atoms with E-state index < -0.39 is 12.3 Å². The van der Waals surface area contributed by atoms with Gasteiger partial charge in [0.05, 0.1) is 17.8 Å². The van der Waals surface area contributed by atoms with Gasteiger partial charge in [0.15, 0.2) is 6.29 Å². The molecule has 1 aromatic heterocycles. The third-order valence-electron chi connectivity index (χ3n) is 6.73. The van der Waals surface area contributed by atoms with Crippen molar-refractivity contribution in [3.05, 3.63) is 81.5 Å². The second kappa shape index (κ2) is 13.4. The van der Waals surface area contributed by atoms with Crippen molar-refractivity contribution in [3.63, 3.8) is 0 Å². The quantitative estimate of drug-likeness (QED) is 0.209. The summed E-state index contributed by atoms with van der Waals surface area (Å²) in [5.41, 5.74) is 4.43. The molecule has 0 aliphatic rings. The van der Waals surface area contributed by atoms with Gasteiger partial charge in [0, 0.05) is 26.5 Å². The molecule has 7 heteroatoms. The number of ether oxygens (including phenoxy) is 2. The Morgan fingerprint density at radius 3 is 2.24 bits per heavy atom. The maximum atomic E-state index is 13.7. The lowest BCUT2D eigenvalue weighted by Gasteiger charge is -2.18. The van der Waals surface area contributed by atoms with E-state index in [4.69, 9.17) is 9.47 Å². The van der Waals surface area contributed by atoms with Gasteiger partial charge in [-0.15, -0.1) is 0 Å². The van der Waals surface area contributed by atoms with Crippen LogP contribution in [-0.4, -0.2) is 34.4 Å². The molecule has 0 atom stereocenters. The van der Waals surface area contributed by atoms with E-state index in [-0.39, 0.29) is 11.3 Å². The van der Waals surface area contributed by atoms with Gasteiger partial charge in [0.2, 0.25) is 0 Å². The van der Waals surface area contributed by atoms with Gasteiger partial charge in [0.1, 0.15) is 0 Å². The molecule has 0 saturated carbocycles. The Kier molecular flexibility index (Phi) is 10.3. The molecule has 37 heavy (non-hydrogen) atoms. The molecule has 200 valence electrons. The summed E-state index contributed by atoms with van der Waals surface area (Å²) in [4.78, 5) is 25.4. The molecule has 2 aromatic carbocycles. The van der Waals surface area contributed by atoms with E-state index in [1.807, 2.05) is 45.5 Å². The molecule has 0 unspecified atom stereocenters. The SMILES string of the molecule is CCCCCn1c(C(OC)OC)c(CCC(C)C)n(Cc2ccc(-c3ccccc3C(=O)O)cc2)c1=O. The number of rotatable bonds is 14. The summed E-state index contributed by atoms with van der Waals surface area (Å²) in [6.07, 6.45) is 4.09. The summed E-state index contributed by atoms with van der Waals surface area (Å²) in [5, 5.41) is 9.56. The summed E-state index contributed by atoms with van der Waals surface area (Å²) in [5.74, 6) is -0.472. The molecule has 0 aliphatic carbocycles. The number of benzene rings is 2. The number of hydrogen-bond donors (Lipinski definition) is 1. The number of aromatic nitrogens is 2. The second-order valence-electron chi connectivity index (χ2n) is 9.84. The molecule has 1 N–H and O–H groups in total. The molecule has 3 aromatic rings. The van der Waals surface area contributed by atoms with Crippen LogP contribution in [0, 0.1) is 5.92 Å². The smallest absolute Gasteiger partial charge is 0.336 e. The number of imidazole rings is 1. The highest BCUT2D eigenvalue weighted by molar-refractivity contribution is 5.95. The number of carboxylic acid groups (broad SMARTS) is 1. The van der Waals surface area contributed by atoms with Crippen molar-refractivity contribution in [2.45, 2.75) is 72.3 Å². The van der Waals surface area contributed by atoms with E-state index in [9.17, 15) is 14.7 Å². The van der Waals surface area contributed by atoms with Crippen molar-refractivity contribution in [3.8, 4) is 11.1 Å². The van der Waals surface area contributed by atoms with Crippen LogP contribution in [-0.2, 0) is 29.0 Å². The van der Waals surface area contributed by atoms with Crippen LogP contribution in [0.15, 0.2) is 53.3 Å². The molecule has 0 saturated heterocycles. The number of carbonyl (C=O) groups is 1. The highest BCUT2D eigenvalue weighted by atomic mass is 16.7. The first-order valence-corrected chi connectivity index (χ1v) is 13.1. The standard InChI is InChI=1S/C30H40N2O5/c1-6-7-10-19-31-27(29(36-4)37-5)26(18-13-21(2)3)32(30(31)35)20-22-14-16-23(17-15-22)24-11-8-9-12-25(24)28(33)34/h8-9,11-12,14-17,21,29H,6-7,10,13,18-20H2,1-5H3,(H,33,34). The number of unbranched alkanes of at least 4 members (excludes halogenated alkanes) is 2. The van der Waals surface area contributed by atoms with E-state index in [0.29, 0.717) is 24.6 Å².